The summed E-state index contributed by atoms with van der Waals surface area (Å²) in [6.07, 6.45) is 2.07. The van der Waals surface area contributed by atoms with Crippen LogP contribution in [0.5, 0.6) is 0 Å². The number of hydrogen-bond acceptors (Lipinski definition) is 8. The molecule has 254 valence electrons. The van der Waals surface area contributed by atoms with Gasteiger partial charge >= 0.3 is 6.09 Å². The van der Waals surface area contributed by atoms with Gasteiger partial charge in [0.1, 0.15) is 27.2 Å². The summed E-state index contributed by atoms with van der Waals surface area (Å²) in [6, 6.07) is 5.71. The number of rotatable bonds is 10. The van der Waals surface area contributed by atoms with Crippen LogP contribution in [0.1, 0.15) is 65.9 Å². The predicted octanol–water partition coefficient (Wildman–Crippen LogP) is 3.08. The minimum Gasteiger partial charge on any atom is -0.627 e. The minimum absolute atomic E-state index is 0.102. The smallest absolute Gasteiger partial charge is 0.408 e. The van der Waals surface area contributed by atoms with E-state index < -0.39 is 65.0 Å². The average Bonchev–Trinajstić information content (AvgIpc) is 3.24. The standard InChI is InChI=1S/C31H50N4O8S2/c1-22-10-8-9-11-25(22)35(38)17-15-34(16-18-35)45(41,42)21-31-14-12-23(30(31,5)6)20-26(31)33-27(36)24(13-19-44(7,39)40)32-28(37)43-29(2,3)4/h8-11,23-24,26H,12-21H2,1-7H3,(H,32,37)(H,33,36)/t23?,24-,26?,31?/m1/s1. The van der Waals surface area contributed by atoms with E-state index in [2.05, 4.69) is 24.5 Å². The largest absolute Gasteiger partial charge is 0.627 e. The number of amides is 2. The van der Waals surface area contributed by atoms with E-state index in [0.717, 1.165) is 18.2 Å². The summed E-state index contributed by atoms with van der Waals surface area (Å²) in [5.74, 6) is -0.888. The molecule has 2 amide bonds. The van der Waals surface area contributed by atoms with Crippen molar-refractivity contribution in [3.05, 3.63) is 35.0 Å². The Morgan fingerprint density at radius 1 is 1.13 bits per heavy atom. The molecule has 0 aromatic heterocycles. The van der Waals surface area contributed by atoms with Gasteiger partial charge in [-0.2, -0.15) is 4.31 Å². The molecule has 0 spiro atoms. The predicted molar refractivity (Wildman–Crippen MR) is 174 cm³/mol. The van der Waals surface area contributed by atoms with Gasteiger partial charge in [0.2, 0.25) is 15.9 Å². The topological polar surface area (TPSA) is 162 Å². The van der Waals surface area contributed by atoms with Gasteiger partial charge in [-0.1, -0.05) is 32.0 Å². The first-order valence-electron chi connectivity index (χ1n) is 15.7. The third kappa shape index (κ3) is 7.66. The Hall–Kier alpha value is -2.26. The third-order valence-corrected chi connectivity index (χ3v) is 13.3. The van der Waals surface area contributed by atoms with Crippen LogP contribution in [0.4, 0.5) is 10.5 Å². The number of quaternary nitrogens is 1. The van der Waals surface area contributed by atoms with E-state index in [0.29, 0.717) is 18.5 Å². The zero-order valence-corrected chi connectivity index (χ0v) is 29.2. The maximum Gasteiger partial charge on any atom is 0.408 e. The number of carbonyl (C=O) groups is 2. The van der Waals surface area contributed by atoms with Gasteiger partial charge in [-0.05, 0) is 70.8 Å². The van der Waals surface area contributed by atoms with Crippen LogP contribution < -0.4 is 15.3 Å². The number of hydroxylamine groups is 2. The molecular weight excluding hydrogens is 620 g/mol. The van der Waals surface area contributed by atoms with E-state index >= 15 is 0 Å². The van der Waals surface area contributed by atoms with Gasteiger partial charge in [0.05, 0.1) is 37.7 Å². The lowest BCUT2D eigenvalue weighted by molar-refractivity contribution is -0.125. The molecule has 0 radical (unpaired) electrons. The first-order chi connectivity index (χ1) is 20.6. The first kappa shape index (κ1) is 35.6. The Kier molecular flexibility index (Phi) is 9.81. The van der Waals surface area contributed by atoms with Gasteiger partial charge in [-0.25, -0.2) is 21.6 Å². The molecule has 3 unspecified atom stereocenters. The number of piperazine rings is 1. The van der Waals surface area contributed by atoms with Gasteiger partial charge in [-0.3, -0.25) is 4.79 Å². The molecule has 2 saturated carbocycles. The van der Waals surface area contributed by atoms with Crippen LogP contribution in [0, 0.1) is 28.9 Å². The quantitative estimate of drug-likeness (QED) is 0.284. The fourth-order valence-electron chi connectivity index (χ4n) is 7.67. The number of nitrogens with one attached hydrogen (secondary N) is 2. The lowest BCUT2D eigenvalue weighted by Gasteiger charge is -2.49. The molecule has 4 rings (SSSR count). The van der Waals surface area contributed by atoms with Crippen molar-refractivity contribution in [3.63, 3.8) is 0 Å². The summed E-state index contributed by atoms with van der Waals surface area (Å²) in [4.78, 5) is 26.3. The lowest BCUT2D eigenvalue weighted by atomic mass is 9.69. The molecule has 3 aliphatic rings. The summed E-state index contributed by atoms with van der Waals surface area (Å²) in [6.45, 7) is 11.5. The van der Waals surface area contributed by atoms with Gasteiger partial charge < -0.3 is 25.2 Å². The molecule has 14 heteroatoms. The molecule has 1 saturated heterocycles. The first-order valence-corrected chi connectivity index (χ1v) is 19.4. The summed E-state index contributed by atoms with van der Waals surface area (Å²) in [5.41, 5.74) is -0.489. The number of alkyl carbamates (subject to hydrolysis) is 1. The van der Waals surface area contributed by atoms with Crippen LogP contribution >= 0.6 is 0 Å². The number of hydrogen-bond donors (Lipinski definition) is 2. The van der Waals surface area contributed by atoms with Gasteiger partial charge in [0, 0.05) is 23.3 Å². The van der Waals surface area contributed by atoms with E-state index in [9.17, 15) is 31.6 Å². The van der Waals surface area contributed by atoms with Crippen molar-refractivity contribution in [1.82, 2.24) is 19.6 Å². The highest BCUT2D eigenvalue weighted by atomic mass is 32.2. The molecule has 1 heterocycles. The molecule has 45 heavy (non-hydrogen) atoms. The fourth-order valence-corrected chi connectivity index (χ4v) is 10.6. The number of ether oxygens (including phenoxy) is 1. The van der Waals surface area contributed by atoms with Crippen LogP contribution in [0.25, 0.3) is 0 Å². The molecule has 3 fully saturated rings. The number of sulfone groups is 1. The van der Waals surface area contributed by atoms with Gasteiger partial charge in [0.15, 0.2) is 0 Å². The summed E-state index contributed by atoms with van der Waals surface area (Å²) in [7, 11) is -7.25. The number of nitrogens with zero attached hydrogens (tertiary/aromatic N) is 2. The van der Waals surface area contributed by atoms with Gasteiger partial charge in [-0.15, -0.1) is 0 Å². The molecule has 2 aliphatic carbocycles. The molecular formula is C31H50N4O8S2. The number of carbonyl (C=O) groups excluding carboxylic acids is 2. The molecule has 1 aromatic carbocycles. The van der Waals surface area contributed by atoms with Crippen molar-refractivity contribution in [2.75, 3.05) is 43.9 Å². The second-order valence-electron chi connectivity index (χ2n) is 14.8. The van der Waals surface area contributed by atoms with Crippen molar-refractivity contribution < 1.29 is 31.2 Å². The third-order valence-electron chi connectivity index (χ3n) is 10.3. The number of para-hydroxylation sites is 1. The summed E-state index contributed by atoms with van der Waals surface area (Å²) >= 11 is 0. The highest BCUT2D eigenvalue weighted by molar-refractivity contribution is 7.90. The molecule has 12 nitrogen and oxygen atoms in total. The SMILES string of the molecule is Cc1ccccc1[N+]1([O-])CCN(S(=O)(=O)CC23CCC(CC2NC(=O)[C@@H](CCS(C)(=O)=O)NC(=O)OC(C)(C)C)C3(C)C)CC1. The minimum atomic E-state index is -3.82. The molecule has 2 bridgehead atoms. The van der Waals surface area contributed by atoms with Crippen molar-refractivity contribution in [2.24, 2.45) is 16.7 Å². The fraction of sp³-hybridized carbons (Fsp3) is 0.742. The molecule has 1 aromatic rings. The Bertz CT molecular complexity index is 1500. The Balaban J connectivity index is 1.52. The van der Waals surface area contributed by atoms with E-state index in [1.54, 1.807) is 26.8 Å². The zero-order chi connectivity index (χ0) is 33.6. The van der Waals surface area contributed by atoms with Crippen LogP contribution in [-0.2, 0) is 29.4 Å². The normalized spacial score (nSPS) is 27.1. The zero-order valence-electron chi connectivity index (χ0n) is 27.6. The summed E-state index contributed by atoms with van der Waals surface area (Å²) in [5, 5.41) is 19.3. The number of aryl methyl sites for hydroxylation is 1. The van der Waals surface area contributed by atoms with Crippen LogP contribution in [0.3, 0.4) is 0 Å². The second kappa shape index (κ2) is 12.4. The number of fused-ring (bicyclic) bond motifs is 2. The van der Waals surface area contributed by atoms with E-state index in [1.165, 1.54) is 4.31 Å². The Labute approximate surface area is 268 Å². The average molecular weight is 671 g/mol. The maximum atomic E-state index is 14.0. The van der Waals surface area contributed by atoms with Crippen LogP contribution in [0.2, 0.25) is 0 Å². The highest BCUT2D eigenvalue weighted by Gasteiger charge is 2.66. The molecule has 1 aliphatic heterocycles. The summed E-state index contributed by atoms with van der Waals surface area (Å²) < 4.78 is 58.1. The van der Waals surface area contributed by atoms with Crippen LogP contribution in [0.15, 0.2) is 24.3 Å². The highest BCUT2D eigenvalue weighted by Crippen LogP contribution is 2.66. The van der Waals surface area contributed by atoms with Crippen molar-refractivity contribution >= 4 is 37.5 Å². The van der Waals surface area contributed by atoms with E-state index in [-0.39, 0.29) is 50.0 Å². The second-order valence-corrected chi connectivity index (χ2v) is 19.0. The van der Waals surface area contributed by atoms with Crippen molar-refractivity contribution in [1.29, 1.82) is 0 Å². The van der Waals surface area contributed by atoms with Crippen molar-refractivity contribution in [2.45, 2.75) is 84.9 Å². The Morgan fingerprint density at radius 3 is 2.31 bits per heavy atom. The Morgan fingerprint density at radius 2 is 1.76 bits per heavy atom. The number of sulfonamides is 1. The van der Waals surface area contributed by atoms with Crippen LogP contribution in [-0.4, -0.2) is 94.8 Å². The maximum absolute atomic E-state index is 14.0. The number of benzene rings is 1. The molecule has 4 atom stereocenters. The van der Waals surface area contributed by atoms with E-state index in [4.69, 9.17) is 4.74 Å². The monoisotopic (exact) mass is 670 g/mol. The van der Waals surface area contributed by atoms with Crippen molar-refractivity contribution in [3.8, 4) is 0 Å². The lowest BCUT2D eigenvalue weighted by Crippen LogP contribution is -2.61. The van der Waals surface area contributed by atoms with Gasteiger partial charge in [0.25, 0.3) is 0 Å². The van der Waals surface area contributed by atoms with E-state index in [1.807, 2.05) is 25.1 Å². The molecule has 2 N–H and O–H groups in total.